The van der Waals surface area contributed by atoms with Crippen molar-refractivity contribution in [2.24, 2.45) is 0 Å². The van der Waals surface area contributed by atoms with E-state index >= 15 is 0 Å². The lowest BCUT2D eigenvalue weighted by atomic mass is 10.2. The van der Waals surface area contributed by atoms with Crippen molar-refractivity contribution in [2.45, 2.75) is 23.6 Å². The molecule has 0 N–H and O–H groups in total. The van der Waals surface area contributed by atoms with Crippen LogP contribution in [0.2, 0.25) is 0 Å². The van der Waals surface area contributed by atoms with E-state index in [1.807, 2.05) is 0 Å². The van der Waals surface area contributed by atoms with Crippen LogP contribution in [0.25, 0.3) is 0 Å². The van der Waals surface area contributed by atoms with Gasteiger partial charge in [-0.05, 0) is 29.8 Å². The number of nitro benzene ring substituents is 1. The van der Waals surface area contributed by atoms with Gasteiger partial charge in [-0.2, -0.15) is 22.0 Å². The Morgan fingerprint density at radius 2 is 1.72 bits per heavy atom. The quantitative estimate of drug-likeness (QED) is 0.366. The second kappa shape index (κ2) is 8.19. The highest BCUT2D eigenvalue weighted by atomic mass is 32.2. The van der Waals surface area contributed by atoms with Crippen molar-refractivity contribution in [3.8, 4) is 5.75 Å². The number of hydrogen-bond donors (Lipinski definition) is 0. The molecule has 0 amide bonds. The molecule has 0 radical (unpaired) electrons. The summed E-state index contributed by atoms with van der Waals surface area (Å²) in [4.78, 5) is 10.3. The van der Waals surface area contributed by atoms with E-state index < -0.39 is 37.5 Å². The van der Waals surface area contributed by atoms with Gasteiger partial charge in [-0.25, -0.2) is 8.42 Å². The zero-order valence-corrected chi connectivity index (χ0v) is 15.4. The smallest absolute Gasteiger partial charge is 0.435 e. The minimum Gasteiger partial charge on any atom is -0.435 e. The molecule has 0 unspecified atom stereocenters. The monoisotopic (exact) mass is 440 g/mol. The maximum atomic E-state index is 12.7. The van der Waals surface area contributed by atoms with Gasteiger partial charge >= 0.3 is 12.1 Å². The molecule has 0 saturated carbocycles. The highest BCUT2D eigenvalue weighted by Gasteiger charge is 2.47. The Morgan fingerprint density at radius 3 is 2.21 bits per heavy atom. The van der Waals surface area contributed by atoms with Crippen LogP contribution in [0.15, 0.2) is 47.4 Å². The molecule has 0 atom stereocenters. The van der Waals surface area contributed by atoms with Crippen LogP contribution < -0.4 is 9.64 Å². The van der Waals surface area contributed by atoms with Crippen molar-refractivity contribution in [2.75, 3.05) is 11.9 Å². The summed E-state index contributed by atoms with van der Waals surface area (Å²) in [6.07, 6.45) is 0. The van der Waals surface area contributed by atoms with Crippen LogP contribution in [0.1, 0.15) is 5.56 Å². The summed E-state index contributed by atoms with van der Waals surface area (Å²) in [6, 6.07) is 7.21. The van der Waals surface area contributed by atoms with Crippen LogP contribution in [-0.2, 0) is 16.4 Å². The molecule has 158 valence electrons. The van der Waals surface area contributed by atoms with Gasteiger partial charge in [0.05, 0.1) is 9.82 Å². The molecule has 2 aromatic carbocycles. The first-order valence-corrected chi connectivity index (χ1v) is 9.16. The van der Waals surface area contributed by atoms with E-state index in [9.17, 15) is 40.5 Å². The molecule has 0 heterocycles. The van der Waals surface area contributed by atoms with E-state index in [4.69, 9.17) is 0 Å². The zero-order valence-electron chi connectivity index (χ0n) is 14.6. The average Bonchev–Trinajstić information content (AvgIpc) is 2.61. The van der Waals surface area contributed by atoms with Crippen molar-refractivity contribution >= 4 is 21.2 Å². The average molecular weight is 440 g/mol. The molecule has 0 fully saturated rings. The van der Waals surface area contributed by atoms with Gasteiger partial charge in [-0.15, -0.1) is 0 Å². The molecular weight excluding hydrogens is 427 g/mol. The number of anilines is 1. The number of nitrogens with zero attached hydrogens (tertiary/aromatic N) is 2. The fourth-order valence-corrected chi connectivity index (χ4v) is 3.19. The zero-order chi connectivity index (χ0) is 22.0. The van der Waals surface area contributed by atoms with Gasteiger partial charge in [0.1, 0.15) is 11.4 Å². The van der Waals surface area contributed by atoms with Crippen molar-refractivity contribution in [3.05, 3.63) is 58.1 Å². The van der Waals surface area contributed by atoms with Crippen LogP contribution in [0.3, 0.4) is 0 Å². The second-order valence-corrected chi connectivity index (χ2v) is 7.68. The van der Waals surface area contributed by atoms with Crippen molar-refractivity contribution < 1.29 is 40.0 Å². The third-order valence-corrected chi connectivity index (χ3v) is 5.22. The minimum absolute atomic E-state index is 0.0150. The van der Waals surface area contributed by atoms with Crippen LogP contribution in [0.4, 0.5) is 33.3 Å². The highest BCUT2D eigenvalue weighted by Crippen LogP contribution is 2.36. The molecular formula is C16H13F5N2O5S. The van der Waals surface area contributed by atoms with E-state index in [1.54, 1.807) is 0 Å². The third kappa shape index (κ3) is 5.10. The third-order valence-electron chi connectivity index (χ3n) is 3.74. The molecule has 0 spiro atoms. The molecule has 2 aromatic rings. The first-order valence-electron chi connectivity index (χ1n) is 7.67. The Bertz CT molecular complexity index is 994. The normalized spacial score (nSPS) is 12.1. The summed E-state index contributed by atoms with van der Waals surface area (Å²) in [5.41, 5.74) is -6.05. The fourth-order valence-electron chi connectivity index (χ4n) is 2.41. The fraction of sp³-hybridized carbons (Fsp3) is 0.250. The number of rotatable bonds is 7. The van der Waals surface area contributed by atoms with Crippen molar-refractivity contribution in [1.82, 2.24) is 0 Å². The lowest BCUT2D eigenvalue weighted by Gasteiger charge is -2.20. The summed E-state index contributed by atoms with van der Waals surface area (Å²) in [5, 5.41) is 11.3. The van der Waals surface area contributed by atoms with E-state index in [2.05, 4.69) is 4.74 Å². The molecule has 7 nitrogen and oxygen atoms in total. The summed E-state index contributed by atoms with van der Waals surface area (Å²) in [6.45, 7) is -2.99. The van der Waals surface area contributed by atoms with Crippen LogP contribution in [0, 0.1) is 10.1 Å². The molecule has 0 aliphatic heterocycles. The van der Waals surface area contributed by atoms with Gasteiger partial charge in [0.15, 0.2) is 0 Å². The van der Waals surface area contributed by atoms with Gasteiger partial charge in [0.2, 0.25) is 0 Å². The number of halogens is 5. The number of benzene rings is 2. The number of nitro groups is 1. The summed E-state index contributed by atoms with van der Waals surface area (Å²) < 4.78 is 89.5. The largest absolute Gasteiger partial charge is 0.501 e. The van der Waals surface area contributed by atoms with E-state index in [1.165, 1.54) is 36.2 Å². The number of sulfone groups is 1. The molecule has 0 aliphatic rings. The van der Waals surface area contributed by atoms with Crippen LogP contribution in [-0.4, -0.2) is 32.5 Å². The Morgan fingerprint density at radius 1 is 1.14 bits per heavy atom. The lowest BCUT2D eigenvalue weighted by molar-refractivity contribution is -0.384. The maximum absolute atomic E-state index is 12.7. The molecule has 0 saturated heterocycles. The maximum Gasteiger partial charge on any atom is 0.501 e. The molecule has 0 aliphatic carbocycles. The van der Waals surface area contributed by atoms with Crippen molar-refractivity contribution in [1.29, 1.82) is 0 Å². The van der Waals surface area contributed by atoms with Gasteiger partial charge < -0.3 is 9.64 Å². The predicted molar refractivity (Wildman–Crippen MR) is 91.5 cm³/mol. The molecule has 0 bridgehead atoms. The Labute approximate surface area is 161 Å². The summed E-state index contributed by atoms with van der Waals surface area (Å²) in [5.74, 6) is -0.0981. The first-order chi connectivity index (χ1) is 13.3. The van der Waals surface area contributed by atoms with Gasteiger partial charge in [0.25, 0.3) is 15.5 Å². The first kappa shape index (κ1) is 22.3. The number of hydrogen-bond acceptors (Lipinski definition) is 6. The highest BCUT2D eigenvalue weighted by molar-refractivity contribution is 7.92. The van der Waals surface area contributed by atoms with Gasteiger partial charge in [0, 0.05) is 19.7 Å². The summed E-state index contributed by atoms with van der Waals surface area (Å²) >= 11 is 0. The predicted octanol–water partition coefficient (Wildman–Crippen LogP) is 4.13. The van der Waals surface area contributed by atoms with Crippen molar-refractivity contribution in [3.63, 3.8) is 0 Å². The summed E-state index contributed by atoms with van der Waals surface area (Å²) in [7, 11) is -4.35. The van der Waals surface area contributed by atoms with E-state index in [0.717, 1.165) is 6.07 Å². The Kier molecular flexibility index (Phi) is 6.30. The number of ether oxygens (including phenoxy) is 1. The molecule has 13 heteroatoms. The Hall–Kier alpha value is -2.96. The van der Waals surface area contributed by atoms with Gasteiger partial charge in [-0.3, -0.25) is 10.1 Å². The second-order valence-electron chi connectivity index (χ2n) is 5.74. The SMILES string of the molecule is CN(Cc1ccc(OC(F)F)cc1)c1ccc(S(=O)(=O)C(F)(F)F)cc1[N+](=O)[O-]. The standard InChI is InChI=1S/C16H13F5N2O5S/c1-22(9-10-2-4-11(5-3-10)28-15(17)18)13-7-6-12(8-14(13)23(24)25)29(26,27)16(19,20)21/h2-8,15H,9H2,1H3. The number of alkyl halides is 5. The molecule has 29 heavy (non-hydrogen) atoms. The lowest BCUT2D eigenvalue weighted by Crippen LogP contribution is -2.24. The molecule has 2 rings (SSSR count). The topological polar surface area (TPSA) is 89.8 Å². The van der Waals surface area contributed by atoms with E-state index in [0.29, 0.717) is 17.7 Å². The van der Waals surface area contributed by atoms with Gasteiger partial charge in [-0.1, -0.05) is 12.1 Å². The van der Waals surface area contributed by atoms with Crippen LogP contribution >= 0.6 is 0 Å². The Balaban J connectivity index is 2.33. The van der Waals surface area contributed by atoms with Crippen LogP contribution in [0.5, 0.6) is 5.75 Å². The van der Waals surface area contributed by atoms with E-state index in [-0.39, 0.29) is 18.0 Å². The minimum atomic E-state index is -5.75. The molecule has 0 aromatic heterocycles.